The molecule has 1 aliphatic rings. The van der Waals surface area contributed by atoms with Gasteiger partial charge in [0, 0.05) is 23.2 Å². The van der Waals surface area contributed by atoms with E-state index in [0.717, 1.165) is 12.3 Å². The van der Waals surface area contributed by atoms with Crippen LogP contribution in [0.4, 0.5) is 5.69 Å². The van der Waals surface area contributed by atoms with Gasteiger partial charge >= 0.3 is 0 Å². The molecule has 0 radical (unpaired) electrons. The highest BCUT2D eigenvalue weighted by Crippen LogP contribution is 2.27. The lowest BCUT2D eigenvalue weighted by Gasteiger charge is -2.33. The van der Waals surface area contributed by atoms with Crippen molar-refractivity contribution in [1.29, 1.82) is 0 Å². The van der Waals surface area contributed by atoms with E-state index < -0.39 is 0 Å². The van der Waals surface area contributed by atoms with Crippen LogP contribution in [0.3, 0.4) is 0 Å². The van der Waals surface area contributed by atoms with Crippen LogP contribution in [0, 0.1) is 5.92 Å². The maximum Gasteiger partial charge on any atom is 0.0377 e. The molecule has 0 bridgehead atoms. The summed E-state index contributed by atoms with van der Waals surface area (Å²) in [5, 5.41) is 0. The van der Waals surface area contributed by atoms with Crippen molar-refractivity contribution >= 4 is 21.6 Å². The van der Waals surface area contributed by atoms with E-state index in [1.165, 1.54) is 41.7 Å². The molecule has 17 heavy (non-hydrogen) atoms. The SMILES string of the molecule is CC1CCCN(c2ccc(CCN)c(Br)c2)C1. The van der Waals surface area contributed by atoms with E-state index in [4.69, 9.17) is 5.73 Å². The molecule has 0 aliphatic carbocycles. The average molecular weight is 297 g/mol. The third-order valence-corrected chi connectivity index (χ3v) is 4.21. The molecule has 0 amide bonds. The zero-order chi connectivity index (χ0) is 12.3. The second-order valence-corrected chi connectivity index (χ2v) is 5.86. The second-order valence-electron chi connectivity index (χ2n) is 5.01. The minimum atomic E-state index is 0.707. The summed E-state index contributed by atoms with van der Waals surface area (Å²) in [7, 11) is 0. The Morgan fingerprint density at radius 3 is 2.94 bits per heavy atom. The van der Waals surface area contributed by atoms with Crippen LogP contribution in [0.15, 0.2) is 22.7 Å². The first-order valence-electron chi connectivity index (χ1n) is 6.44. The quantitative estimate of drug-likeness (QED) is 0.928. The molecule has 1 fully saturated rings. The standard InChI is InChI=1S/C14H21BrN2/c1-11-3-2-8-17(10-11)13-5-4-12(6-7-16)14(15)9-13/h4-5,9,11H,2-3,6-8,10,16H2,1H3. The molecule has 1 atom stereocenters. The Morgan fingerprint density at radius 2 is 2.29 bits per heavy atom. The Labute approximate surface area is 112 Å². The lowest BCUT2D eigenvalue weighted by Crippen LogP contribution is -2.34. The van der Waals surface area contributed by atoms with E-state index >= 15 is 0 Å². The van der Waals surface area contributed by atoms with Crippen molar-refractivity contribution in [2.24, 2.45) is 11.7 Å². The summed E-state index contributed by atoms with van der Waals surface area (Å²) in [5.41, 5.74) is 8.24. The predicted molar refractivity (Wildman–Crippen MR) is 77.5 cm³/mol. The van der Waals surface area contributed by atoms with Gasteiger partial charge < -0.3 is 10.6 Å². The molecule has 1 heterocycles. The monoisotopic (exact) mass is 296 g/mol. The number of nitrogens with two attached hydrogens (primary N) is 1. The van der Waals surface area contributed by atoms with Crippen LogP contribution in [0.2, 0.25) is 0 Å². The molecule has 1 aromatic rings. The maximum atomic E-state index is 5.60. The van der Waals surface area contributed by atoms with Gasteiger partial charge in [-0.1, -0.05) is 28.9 Å². The first-order valence-corrected chi connectivity index (χ1v) is 7.23. The van der Waals surface area contributed by atoms with Crippen LogP contribution < -0.4 is 10.6 Å². The third kappa shape index (κ3) is 3.23. The Kier molecular flexibility index (Phi) is 4.46. The number of anilines is 1. The molecule has 2 N–H and O–H groups in total. The fraction of sp³-hybridized carbons (Fsp3) is 0.571. The van der Waals surface area contributed by atoms with Crippen molar-refractivity contribution in [3.05, 3.63) is 28.2 Å². The van der Waals surface area contributed by atoms with Gasteiger partial charge in [-0.05, 0) is 49.4 Å². The highest BCUT2D eigenvalue weighted by molar-refractivity contribution is 9.10. The molecule has 0 aromatic heterocycles. The van der Waals surface area contributed by atoms with Crippen molar-refractivity contribution in [3.8, 4) is 0 Å². The number of rotatable bonds is 3. The van der Waals surface area contributed by atoms with E-state index in [0.29, 0.717) is 6.54 Å². The summed E-state index contributed by atoms with van der Waals surface area (Å²) in [6.45, 7) is 5.42. The number of benzene rings is 1. The Hall–Kier alpha value is -0.540. The maximum absolute atomic E-state index is 5.60. The van der Waals surface area contributed by atoms with Crippen molar-refractivity contribution in [2.45, 2.75) is 26.2 Å². The second kappa shape index (κ2) is 5.87. The van der Waals surface area contributed by atoms with Gasteiger partial charge in [0.2, 0.25) is 0 Å². The first kappa shape index (κ1) is 12.9. The van der Waals surface area contributed by atoms with E-state index in [1.807, 2.05) is 0 Å². The summed E-state index contributed by atoms with van der Waals surface area (Å²) < 4.78 is 1.19. The predicted octanol–water partition coefficient (Wildman–Crippen LogP) is 3.19. The largest absolute Gasteiger partial charge is 0.371 e. The summed E-state index contributed by atoms with van der Waals surface area (Å²) in [4.78, 5) is 2.49. The normalized spacial score (nSPS) is 20.6. The minimum absolute atomic E-state index is 0.707. The van der Waals surface area contributed by atoms with Crippen LogP contribution >= 0.6 is 15.9 Å². The molecule has 3 heteroatoms. The van der Waals surface area contributed by atoms with E-state index in [9.17, 15) is 0 Å². The van der Waals surface area contributed by atoms with Crippen LogP contribution in [0.1, 0.15) is 25.3 Å². The first-order chi connectivity index (χ1) is 8.20. The molecule has 1 aromatic carbocycles. The van der Waals surface area contributed by atoms with Gasteiger partial charge in [0.25, 0.3) is 0 Å². The van der Waals surface area contributed by atoms with Crippen LogP contribution in [0.5, 0.6) is 0 Å². The number of nitrogens with zero attached hydrogens (tertiary/aromatic N) is 1. The minimum Gasteiger partial charge on any atom is -0.371 e. The highest BCUT2D eigenvalue weighted by Gasteiger charge is 2.17. The van der Waals surface area contributed by atoms with Crippen molar-refractivity contribution in [3.63, 3.8) is 0 Å². The fourth-order valence-corrected chi connectivity index (χ4v) is 3.08. The number of hydrogen-bond donors (Lipinski definition) is 1. The number of piperidine rings is 1. The highest BCUT2D eigenvalue weighted by atomic mass is 79.9. The van der Waals surface area contributed by atoms with Gasteiger partial charge in [0.1, 0.15) is 0 Å². The van der Waals surface area contributed by atoms with Gasteiger partial charge in [-0.15, -0.1) is 0 Å². The van der Waals surface area contributed by atoms with Crippen molar-refractivity contribution < 1.29 is 0 Å². The topological polar surface area (TPSA) is 29.3 Å². The molecular weight excluding hydrogens is 276 g/mol. The van der Waals surface area contributed by atoms with Gasteiger partial charge in [-0.25, -0.2) is 0 Å². The molecule has 1 saturated heterocycles. The van der Waals surface area contributed by atoms with E-state index in [1.54, 1.807) is 0 Å². The zero-order valence-corrected chi connectivity index (χ0v) is 12.0. The molecular formula is C14H21BrN2. The number of hydrogen-bond acceptors (Lipinski definition) is 2. The van der Waals surface area contributed by atoms with Crippen LogP contribution in [-0.2, 0) is 6.42 Å². The fourth-order valence-electron chi connectivity index (χ4n) is 2.52. The Morgan fingerprint density at radius 1 is 1.47 bits per heavy atom. The van der Waals surface area contributed by atoms with Gasteiger partial charge in [0.05, 0.1) is 0 Å². The lowest BCUT2D eigenvalue weighted by atomic mass is 9.99. The van der Waals surface area contributed by atoms with Crippen molar-refractivity contribution in [2.75, 3.05) is 24.5 Å². The van der Waals surface area contributed by atoms with Gasteiger partial charge in [-0.3, -0.25) is 0 Å². The molecule has 94 valence electrons. The van der Waals surface area contributed by atoms with Crippen LogP contribution in [0.25, 0.3) is 0 Å². The zero-order valence-electron chi connectivity index (χ0n) is 10.5. The molecule has 2 rings (SSSR count). The van der Waals surface area contributed by atoms with Gasteiger partial charge in [-0.2, -0.15) is 0 Å². The lowest BCUT2D eigenvalue weighted by molar-refractivity contribution is 0.447. The van der Waals surface area contributed by atoms with Gasteiger partial charge in [0.15, 0.2) is 0 Å². The van der Waals surface area contributed by atoms with Crippen LogP contribution in [-0.4, -0.2) is 19.6 Å². The molecule has 1 aliphatic heterocycles. The summed E-state index contributed by atoms with van der Waals surface area (Å²) >= 11 is 3.65. The molecule has 0 spiro atoms. The summed E-state index contributed by atoms with van der Waals surface area (Å²) in [6.07, 6.45) is 3.61. The van der Waals surface area contributed by atoms with Crippen molar-refractivity contribution in [1.82, 2.24) is 0 Å². The summed E-state index contributed by atoms with van der Waals surface area (Å²) in [5.74, 6) is 0.811. The Bertz CT molecular complexity index is 378. The summed E-state index contributed by atoms with van der Waals surface area (Å²) in [6, 6.07) is 6.67. The van der Waals surface area contributed by atoms with E-state index in [2.05, 4.69) is 46.0 Å². The smallest absolute Gasteiger partial charge is 0.0377 e. The number of halogens is 1. The van der Waals surface area contributed by atoms with E-state index in [-0.39, 0.29) is 0 Å². The molecule has 2 nitrogen and oxygen atoms in total. The molecule has 0 saturated carbocycles. The average Bonchev–Trinajstić information content (AvgIpc) is 2.32. The Balaban J connectivity index is 2.13. The third-order valence-electron chi connectivity index (χ3n) is 3.47. The molecule has 1 unspecified atom stereocenters.